The molecule has 0 radical (unpaired) electrons. The molecule has 0 fully saturated rings. The molecule has 0 atom stereocenters. The second kappa shape index (κ2) is 4.53. The molecule has 0 aliphatic heterocycles. The maximum atomic E-state index is 13.4. The molecule has 0 aliphatic rings. The van der Waals surface area contributed by atoms with Gasteiger partial charge < -0.3 is 10.7 Å². The van der Waals surface area contributed by atoms with Crippen molar-refractivity contribution in [2.24, 2.45) is 5.73 Å². The van der Waals surface area contributed by atoms with Gasteiger partial charge in [0.05, 0.1) is 27.5 Å². The molecule has 6 heteroatoms. The van der Waals surface area contributed by atoms with Crippen LogP contribution in [0.15, 0.2) is 18.3 Å². The Morgan fingerprint density at radius 2 is 1.94 bits per heavy atom. The van der Waals surface area contributed by atoms with Crippen LogP contribution in [-0.2, 0) is 5.54 Å². The number of benzene rings is 1. The summed E-state index contributed by atoms with van der Waals surface area (Å²) in [5.41, 5.74) is 6.42. The molecular weight excluding hydrogens is 276 g/mol. The van der Waals surface area contributed by atoms with Crippen molar-refractivity contribution in [3.8, 4) is 11.3 Å². The zero-order valence-corrected chi connectivity index (χ0v) is 11.4. The van der Waals surface area contributed by atoms with E-state index in [1.807, 2.05) is 13.8 Å². The van der Waals surface area contributed by atoms with E-state index in [-0.39, 0.29) is 5.02 Å². The fourth-order valence-electron chi connectivity index (χ4n) is 1.51. The summed E-state index contributed by atoms with van der Waals surface area (Å²) in [5, 5.41) is 0.342. The van der Waals surface area contributed by atoms with Crippen LogP contribution in [0.25, 0.3) is 11.3 Å². The molecule has 0 bridgehead atoms. The number of halogens is 3. The Hall–Kier alpha value is -1.10. The lowest BCUT2D eigenvalue weighted by Crippen LogP contribution is -2.30. The summed E-state index contributed by atoms with van der Waals surface area (Å²) in [6, 6.07) is 2.63. The van der Waals surface area contributed by atoms with E-state index in [4.69, 9.17) is 28.9 Å². The van der Waals surface area contributed by atoms with Gasteiger partial charge in [0.1, 0.15) is 11.6 Å². The number of aromatic nitrogens is 2. The van der Waals surface area contributed by atoms with Gasteiger partial charge >= 0.3 is 0 Å². The Morgan fingerprint density at radius 1 is 1.28 bits per heavy atom. The van der Waals surface area contributed by atoms with Crippen molar-refractivity contribution in [3.05, 3.63) is 40.0 Å². The van der Waals surface area contributed by atoms with Crippen molar-refractivity contribution < 1.29 is 4.39 Å². The Balaban J connectivity index is 2.50. The first kappa shape index (κ1) is 13.3. The fourth-order valence-corrected chi connectivity index (χ4v) is 2.00. The smallest absolute Gasteiger partial charge is 0.142 e. The minimum atomic E-state index is -0.601. The third-order valence-electron chi connectivity index (χ3n) is 2.49. The van der Waals surface area contributed by atoms with Gasteiger partial charge in [0.15, 0.2) is 0 Å². The molecule has 96 valence electrons. The van der Waals surface area contributed by atoms with Crippen molar-refractivity contribution in [2.45, 2.75) is 19.4 Å². The molecule has 2 rings (SSSR count). The molecule has 2 aromatic rings. The summed E-state index contributed by atoms with van der Waals surface area (Å²) in [6.07, 6.45) is 1.57. The topological polar surface area (TPSA) is 54.7 Å². The second-order valence-corrected chi connectivity index (χ2v) is 5.43. The van der Waals surface area contributed by atoms with E-state index in [2.05, 4.69) is 9.97 Å². The summed E-state index contributed by atoms with van der Waals surface area (Å²) in [6.45, 7) is 3.64. The Morgan fingerprint density at radius 3 is 2.50 bits per heavy atom. The summed E-state index contributed by atoms with van der Waals surface area (Å²) in [5.74, 6) is 0.0724. The maximum absolute atomic E-state index is 13.4. The summed E-state index contributed by atoms with van der Waals surface area (Å²) >= 11 is 11.7. The second-order valence-electron chi connectivity index (χ2n) is 4.61. The van der Waals surface area contributed by atoms with E-state index >= 15 is 0 Å². The highest BCUT2D eigenvalue weighted by molar-refractivity contribution is 6.36. The number of imidazole rings is 1. The van der Waals surface area contributed by atoms with Crippen molar-refractivity contribution in [1.29, 1.82) is 0 Å². The molecule has 1 aromatic carbocycles. The summed E-state index contributed by atoms with van der Waals surface area (Å²) in [7, 11) is 0. The minimum Gasteiger partial charge on any atom is -0.340 e. The molecule has 0 spiro atoms. The first-order valence-corrected chi connectivity index (χ1v) is 6.04. The number of nitrogens with one attached hydrogen (secondary N) is 1. The van der Waals surface area contributed by atoms with Crippen LogP contribution in [0.1, 0.15) is 19.7 Å². The highest BCUT2D eigenvalue weighted by atomic mass is 35.5. The van der Waals surface area contributed by atoms with Gasteiger partial charge in [-0.05, 0) is 26.0 Å². The van der Waals surface area contributed by atoms with E-state index in [0.29, 0.717) is 22.1 Å². The van der Waals surface area contributed by atoms with Crippen molar-refractivity contribution in [1.82, 2.24) is 9.97 Å². The highest BCUT2D eigenvalue weighted by Gasteiger charge is 2.19. The Bertz CT molecular complexity index is 587. The Labute approximate surface area is 114 Å². The lowest BCUT2D eigenvalue weighted by Gasteiger charge is -2.14. The summed E-state index contributed by atoms with van der Waals surface area (Å²) < 4.78 is 13.4. The fraction of sp³-hybridized carbons (Fsp3) is 0.250. The van der Waals surface area contributed by atoms with Gasteiger partial charge in [0, 0.05) is 5.56 Å². The predicted octanol–water partition coefficient (Wildman–Crippen LogP) is 3.72. The van der Waals surface area contributed by atoms with Crippen LogP contribution in [0.2, 0.25) is 10.0 Å². The van der Waals surface area contributed by atoms with Crippen LogP contribution < -0.4 is 5.73 Å². The van der Waals surface area contributed by atoms with E-state index < -0.39 is 11.4 Å². The number of H-pyrrole nitrogens is 1. The first-order valence-electron chi connectivity index (χ1n) is 5.28. The first-order chi connectivity index (χ1) is 8.29. The molecule has 18 heavy (non-hydrogen) atoms. The Kier molecular flexibility index (Phi) is 3.36. The molecule has 1 aromatic heterocycles. The lowest BCUT2D eigenvalue weighted by atomic mass is 10.1. The van der Waals surface area contributed by atoms with Crippen LogP contribution in [0, 0.1) is 5.82 Å². The molecule has 0 unspecified atom stereocenters. The number of hydrogen-bond acceptors (Lipinski definition) is 2. The van der Waals surface area contributed by atoms with Crippen molar-refractivity contribution in [2.75, 3.05) is 0 Å². The quantitative estimate of drug-likeness (QED) is 0.827. The molecule has 0 saturated heterocycles. The molecule has 0 amide bonds. The molecule has 3 nitrogen and oxygen atoms in total. The lowest BCUT2D eigenvalue weighted by molar-refractivity contribution is 0.520. The van der Waals surface area contributed by atoms with Crippen LogP contribution in [0.3, 0.4) is 0 Å². The van der Waals surface area contributed by atoms with Crippen molar-refractivity contribution in [3.63, 3.8) is 0 Å². The molecule has 0 saturated carbocycles. The maximum Gasteiger partial charge on any atom is 0.142 e. The van der Waals surface area contributed by atoms with E-state index in [0.717, 1.165) is 0 Å². The zero-order valence-electron chi connectivity index (χ0n) is 9.89. The van der Waals surface area contributed by atoms with Crippen molar-refractivity contribution >= 4 is 23.2 Å². The normalized spacial score (nSPS) is 11.9. The summed E-state index contributed by atoms with van der Waals surface area (Å²) in [4.78, 5) is 7.19. The number of hydrogen-bond donors (Lipinski definition) is 2. The van der Waals surface area contributed by atoms with E-state index in [1.165, 1.54) is 12.1 Å². The average Bonchev–Trinajstić information content (AvgIpc) is 2.72. The molecule has 1 heterocycles. The average molecular weight is 288 g/mol. The van der Waals surface area contributed by atoms with Gasteiger partial charge in [0.25, 0.3) is 0 Å². The minimum absolute atomic E-state index is 0.0114. The molecular formula is C12H12Cl2FN3. The molecule has 3 N–H and O–H groups in total. The van der Waals surface area contributed by atoms with E-state index in [1.54, 1.807) is 6.20 Å². The van der Waals surface area contributed by atoms with Gasteiger partial charge in [-0.25, -0.2) is 9.37 Å². The SMILES string of the molecule is CC(C)(N)c1ncc(-c2cc(F)c(Cl)cc2Cl)[nH]1. The zero-order chi connectivity index (χ0) is 13.5. The number of aromatic amines is 1. The van der Waals surface area contributed by atoms with E-state index in [9.17, 15) is 4.39 Å². The van der Waals surface area contributed by atoms with Gasteiger partial charge in [-0.1, -0.05) is 23.2 Å². The van der Waals surface area contributed by atoms with Crippen LogP contribution in [0.4, 0.5) is 4.39 Å². The number of nitrogens with two attached hydrogens (primary N) is 1. The third-order valence-corrected chi connectivity index (χ3v) is 3.09. The highest BCUT2D eigenvalue weighted by Crippen LogP contribution is 2.31. The standard InChI is InChI=1S/C12H12Cl2FN3/c1-12(2,16)11-17-5-10(18-11)6-3-9(15)8(14)4-7(6)13/h3-5H,16H2,1-2H3,(H,17,18). The van der Waals surface area contributed by atoms with Gasteiger partial charge in [-0.2, -0.15) is 0 Å². The van der Waals surface area contributed by atoms with Gasteiger partial charge in [-0.3, -0.25) is 0 Å². The third kappa shape index (κ3) is 2.51. The monoisotopic (exact) mass is 287 g/mol. The van der Waals surface area contributed by atoms with Gasteiger partial charge in [-0.15, -0.1) is 0 Å². The van der Waals surface area contributed by atoms with Crippen LogP contribution in [-0.4, -0.2) is 9.97 Å². The predicted molar refractivity (Wildman–Crippen MR) is 71.2 cm³/mol. The largest absolute Gasteiger partial charge is 0.340 e. The molecule has 0 aliphatic carbocycles. The van der Waals surface area contributed by atoms with Crippen LogP contribution >= 0.6 is 23.2 Å². The number of rotatable bonds is 2. The van der Waals surface area contributed by atoms with Crippen LogP contribution in [0.5, 0.6) is 0 Å². The van der Waals surface area contributed by atoms with Gasteiger partial charge in [0.2, 0.25) is 0 Å². The number of nitrogens with zero attached hydrogens (tertiary/aromatic N) is 1.